The van der Waals surface area contributed by atoms with E-state index in [2.05, 4.69) is 20.3 Å². The second-order valence-corrected chi connectivity index (χ2v) is 5.67. The fraction of sp³-hybridized carbons (Fsp3) is 0.200. The number of nitrogens with zero attached hydrogens (tertiary/aromatic N) is 4. The van der Waals surface area contributed by atoms with E-state index in [-0.39, 0.29) is 5.75 Å². The Balaban J connectivity index is 2.01. The first-order valence-corrected chi connectivity index (χ1v) is 8.06. The van der Waals surface area contributed by atoms with E-state index >= 15 is 0 Å². The lowest BCUT2D eigenvalue weighted by molar-refractivity contribution is 0.160. The predicted octanol–water partition coefficient (Wildman–Crippen LogP) is 2.97. The van der Waals surface area contributed by atoms with Crippen molar-refractivity contribution in [2.75, 3.05) is 19.5 Å². The molecule has 1 aliphatic rings. The second kappa shape index (κ2) is 7.88. The van der Waals surface area contributed by atoms with Crippen LogP contribution in [-0.2, 0) is 9.68 Å². The van der Waals surface area contributed by atoms with E-state index in [1.54, 1.807) is 24.3 Å². The van der Waals surface area contributed by atoms with Crippen LogP contribution in [0.2, 0.25) is 0 Å². The number of hydrogen-bond acceptors (Lipinski definition) is 8. The van der Waals surface area contributed by atoms with Crippen LogP contribution >= 0.6 is 11.8 Å². The molecule has 7 nitrogen and oxygen atoms in total. The average molecular weight is 366 g/mol. The van der Waals surface area contributed by atoms with E-state index in [0.717, 1.165) is 6.33 Å². The van der Waals surface area contributed by atoms with Gasteiger partial charge in [-0.15, -0.1) is 0 Å². The van der Waals surface area contributed by atoms with Gasteiger partial charge in [-0.3, -0.25) is 0 Å². The summed E-state index contributed by atoms with van der Waals surface area (Å²) in [6.45, 7) is 0.484. The summed E-state index contributed by atoms with van der Waals surface area (Å²) in [5, 5.41) is 8.41. The van der Waals surface area contributed by atoms with E-state index in [0.29, 0.717) is 28.7 Å². The quantitative estimate of drug-likeness (QED) is 0.460. The van der Waals surface area contributed by atoms with Crippen LogP contribution in [0.1, 0.15) is 5.56 Å². The molecule has 130 valence electrons. The van der Waals surface area contributed by atoms with Gasteiger partial charge in [0.25, 0.3) is 11.8 Å². The Morgan fingerprint density at radius 3 is 2.88 bits per heavy atom. The minimum Gasteiger partial charge on any atom is -0.436 e. The molecule has 0 bridgehead atoms. The van der Waals surface area contributed by atoms with Gasteiger partial charge in [-0.05, 0) is 12.1 Å². The van der Waals surface area contributed by atoms with Crippen LogP contribution in [0.5, 0.6) is 11.6 Å². The van der Waals surface area contributed by atoms with Crippen molar-refractivity contribution < 1.29 is 23.2 Å². The van der Waals surface area contributed by atoms with Crippen molar-refractivity contribution in [3.05, 3.63) is 47.9 Å². The normalized spacial score (nSPS) is 14.5. The van der Waals surface area contributed by atoms with Crippen LogP contribution in [0.4, 0.5) is 8.78 Å². The molecule has 25 heavy (non-hydrogen) atoms. The van der Waals surface area contributed by atoms with Gasteiger partial charge >= 0.3 is 0 Å². The lowest BCUT2D eigenvalue weighted by atomic mass is 10.1. The van der Waals surface area contributed by atoms with Crippen molar-refractivity contribution >= 4 is 22.5 Å². The van der Waals surface area contributed by atoms with Crippen LogP contribution in [0.15, 0.2) is 40.9 Å². The van der Waals surface area contributed by atoms with E-state index < -0.39 is 17.6 Å². The summed E-state index contributed by atoms with van der Waals surface area (Å²) in [7, 11) is 1.39. The molecule has 0 saturated heterocycles. The molecule has 0 amide bonds. The molecule has 0 N–H and O–H groups in total. The Morgan fingerprint density at radius 2 is 2.12 bits per heavy atom. The fourth-order valence-electron chi connectivity index (χ4n) is 1.97. The summed E-state index contributed by atoms with van der Waals surface area (Å²) in [5.74, 6) is -2.23. The number of para-hydroxylation sites is 1. The molecule has 10 heteroatoms. The predicted molar refractivity (Wildman–Crippen MR) is 87.9 cm³/mol. The lowest BCUT2D eigenvalue weighted by Gasteiger charge is -2.15. The standard InChI is InChI=1S/C15H12F2N4O3S/c1-22-20-12(15-21-23-6-7-25-15)9-4-2-3-5-10(9)24-14-11(16)13(17)18-8-19-14/h2-5,8H,6-7H2,1H3/b20-12-. The zero-order valence-corrected chi connectivity index (χ0v) is 13.8. The summed E-state index contributed by atoms with van der Waals surface area (Å²) < 4.78 is 32.5. The Bertz CT molecular complexity index is 832. The van der Waals surface area contributed by atoms with Gasteiger partial charge in [0.15, 0.2) is 5.04 Å². The van der Waals surface area contributed by atoms with Gasteiger partial charge < -0.3 is 14.4 Å². The van der Waals surface area contributed by atoms with Crippen molar-refractivity contribution in [2.45, 2.75) is 0 Å². The summed E-state index contributed by atoms with van der Waals surface area (Å²) in [6, 6.07) is 6.65. The maximum Gasteiger partial charge on any atom is 0.262 e. The smallest absolute Gasteiger partial charge is 0.262 e. The van der Waals surface area contributed by atoms with Gasteiger partial charge in [0.05, 0.1) is 0 Å². The van der Waals surface area contributed by atoms with Crippen molar-refractivity contribution in [2.24, 2.45) is 10.3 Å². The highest BCUT2D eigenvalue weighted by atomic mass is 32.2. The van der Waals surface area contributed by atoms with Crippen molar-refractivity contribution in [3.8, 4) is 11.6 Å². The van der Waals surface area contributed by atoms with Gasteiger partial charge in [-0.1, -0.05) is 34.2 Å². The van der Waals surface area contributed by atoms with Crippen LogP contribution in [-0.4, -0.2) is 40.2 Å². The van der Waals surface area contributed by atoms with Gasteiger partial charge in [-0.25, -0.2) is 4.98 Å². The molecule has 0 spiro atoms. The highest BCUT2D eigenvalue weighted by Gasteiger charge is 2.22. The molecule has 1 aromatic heterocycles. The topological polar surface area (TPSA) is 78.2 Å². The molecule has 0 saturated carbocycles. The molecule has 0 radical (unpaired) electrons. The van der Waals surface area contributed by atoms with Crippen LogP contribution in [0.3, 0.4) is 0 Å². The third kappa shape index (κ3) is 3.85. The summed E-state index contributed by atoms with van der Waals surface area (Å²) in [6.07, 6.45) is 0.870. The number of halogens is 2. The first-order valence-electron chi connectivity index (χ1n) is 7.08. The maximum absolute atomic E-state index is 13.8. The summed E-state index contributed by atoms with van der Waals surface area (Å²) in [4.78, 5) is 16.7. The fourth-order valence-corrected chi connectivity index (χ4v) is 2.71. The number of benzene rings is 1. The van der Waals surface area contributed by atoms with Gasteiger partial charge in [0.2, 0.25) is 5.82 Å². The number of thioether (sulfide) groups is 1. The van der Waals surface area contributed by atoms with E-state index in [1.165, 1.54) is 18.9 Å². The highest BCUT2D eigenvalue weighted by Crippen LogP contribution is 2.28. The van der Waals surface area contributed by atoms with Crippen LogP contribution in [0, 0.1) is 11.8 Å². The largest absolute Gasteiger partial charge is 0.436 e. The molecule has 2 aromatic rings. The van der Waals surface area contributed by atoms with Crippen molar-refractivity contribution in [1.29, 1.82) is 0 Å². The molecule has 0 atom stereocenters. The molecular weight excluding hydrogens is 354 g/mol. The Kier molecular flexibility index (Phi) is 5.39. The van der Waals surface area contributed by atoms with Crippen LogP contribution in [0.25, 0.3) is 0 Å². The molecule has 1 aliphatic heterocycles. The molecule has 1 aromatic carbocycles. The molecule has 3 rings (SSSR count). The highest BCUT2D eigenvalue weighted by molar-refractivity contribution is 8.15. The Labute approximate surface area is 145 Å². The summed E-state index contributed by atoms with van der Waals surface area (Å²) in [5.41, 5.74) is 0.803. The van der Waals surface area contributed by atoms with Gasteiger partial charge in [0, 0.05) is 11.3 Å². The monoisotopic (exact) mass is 366 g/mol. The molecular formula is C15H12F2N4O3S. The third-order valence-corrected chi connectivity index (χ3v) is 3.92. The number of ether oxygens (including phenoxy) is 1. The zero-order valence-electron chi connectivity index (χ0n) is 13.0. The molecule has 0 unspecified atom stereocenters. The number of rotatable bonds is 5. The second-order valence-electron chi connectivity index (χ2n) is 4.58. The van der Waals surface area contributed by atoms with Crippen molar-refractivity contribution in [1.82, 2.24) is 9.97 Å². The summed E-state index contributed by atoms with van der Waals surface area (Å²) >= 11 is 1.43. The first-order chi connectivity index (χ1) is 12.2. The van der Waals surface area contributed by atoms with Gasteiger partial charge in [0.1, 0.15) is 31.5 Å². The average Bonchev–Trinajstić information content (AvgIpc) is 2.65. The molecule has 0 aliphatic carbocycles. The third-order valence-electron chi connectivity index (χ3n) is 3.01. The minimum absolute atomic E-state index is 0.198. The maximum atomic E-state index is 13.8. The molecule has 2 heterocycles. The Hall–Kier alpha value is -2.75. The van der Waals surface area contributed by atoms with E-state index in [4.69, 9.17) is 14.4 Å². The van der Waals surface area contributed by atoms with Crippen molar-refractivity contribution in [3.63, 3.8) is 0 Å². The molecule has 0 fully saturated rings. The number of oxime groups is 2. The van der Waals surface area contributed by atoms with E-state index in [9.17, 15) is 8.78 Å². The SMILES string of the molecule is CO/N=C(\C1=NOCCS1)c1ccccc1Oc1ncnc(F)c1F. The lowest BCUT2D eigenvalue weighted by Crippen LogP contribution is -2.19. The minimum atomic E-state index is -1.30. The number of aromatic nitrogens is 2. The number of hydrogen-bond donors (Lipinski definition) is 0. The zero-order chi connectivity index (χ0) is 17.6. The first kappa shape index (κ1) is 17.1. The van der Waals surface area contributed by atoms with Crippen LogP contribution < -0.4 is 4.74 Å². The Morgan fingerprint density at radius 1 is 1.28 bits per heavy atom. The van der Waals surface area contributed by atoms with E-state index in [1.807, 2.05) is 0 Å². The van der Waals surface area contributed by atoms with Gasteiger partial charge in [-0.2, -0.15) is 13.8 Å².